The van der Waals surface area contributed by atoms with Crippen LogP contribution in [0.5, 0.6) is 11.5 Å². The highest BCUT2D eigenvalue weighted by atomic mass is 32.2. The lowest BCUT2D eigenvalue weighted by Crippen LogP contribution is -2.25. The van der Waals surface area contributed by atoms with Crippen molar-refractivity contribution >= 4 is 43.2 Å². The second kappa shape index (κ2) is 6.75. The van der Waals surface area contributed by atoms with Crippen molar-refractivity contribution in [1.29, 1.82) is 0 Å². The Balaban J connectivity index is 2.63. The molecule has 0 fully saturated rings. The van der Waals surface area contributed by atoms with E-state index >= 15 is 0 Å². The summed E-state index contributed by atoms with van der Waals surface area (Å²) < 4.78 is 64.3. The quantitative estimate of drug-likeness (QED) is 0.216. The lowest BCUT2D eigenvalue weighted by Gasteiger charge is -2.20. The molecule has 0 heterocycles. The maximum Gasteiger partial charge on any atom is 0.298 e. The van der Waals surface area contributed by atoms with Crippen LogP contribution in [-0.2, 0) is 20.2 Å². The first-order valence-electron chi connectivity index (χ1n) is 7.63. The summed E-state index contributed by atoms with van der Waals surface area (Å²) in [4.78, 5) is 42.7. The third-order valence-electron chi connectivity index (χ3n) is 4.35. The third-order valence-corrected chi connectivity index (χ3v) is 6.08. The van der Waals surface area contributed by atoms with Crippen LogP contribution in [0.1, 0.15) is 31.8 Å². The highest BCUT2D eigenvalue weighted by Gasteiger charge is 2.47. The summed E-state index contributed by atoms with van der Waals surface area (Å²) in [5, 5.41) is 43.1. The van der Waals surface area contributed by atoms with Gasteiger partial charge in [0.1, 0.15) is 32.4 Å². The van der Waals surface area contributed by atoms with Crippen LogP contribution in [0.4, 0.5) is 11.4 Å². The molecule has 1 aliphatic rings. The summed E-state index contributed by atoms with van der Waals surface area (Å²) in [7, 11) is -10.9. The van der Waals surface area contributed by atoms with Crippen LogP contribution in [-0.4, -0.2) is 57.6 Å². The molecule has 4 N–H and O–H groups in total. The molecule has 2 aromatic rings. The maximum atomic E-state index is 12.9. The maximum absolute atomic E-state index is 12.9. The Labute approximate surface area is 175 Å². The average molecular weight is 490 g/mol. The summed E-state index contributed by atoms with van der Waals surface area (Å²) in [5.41, 5.74) is -8.47. The minimum Gasteiger partial charge on any atom is -0.506 e. The van der Waals surface area contributed by atoms with Crippen molar-refractivity contribution in [2.24, 2.45) is 0 Å². The number of aromatic hydroxyl groups is 2. The molecule has 3 rings (SSSR count). The van der Waals surface area contributed by atoms with Crippen molar-refractivity contribution in [2.45, 2.75) is 9.79 Å². The molecule has 1 aliphatic carbocycles. The first-order chi connectivity index (χ1) is 14.5. The number of ketones is 2. The molecule has 0 aliphatic heterocycles. The minimum absolute atomic E-state index is 0.0257. The third kappa shape index (κ3) is 3.13. The van der Waals surface area contributed by atoms with Gasteiger partial charge in [0, 0.05) is 12.1 Å². The standard InChI is InChI=1S/C14H6N2O14S2/c17-11-5(31(25,26)27)1-3(15(21)22)7-9(11)14(20)10-8(13(7)19)4(16(23)24)2-6(12(10)18)32(28,29)30/h1-2,17-18H,(H,25,26,27)(H,28,29,30). The van der Waals surface area contributed by atoms with Gasteiger partial charge >= 0.3 is 0 Å². The Kier molecular flexibility index (Phi) is 4.78. The molecule has 168 valence electrons. The Morgan fingerprint density at radius 2 is 0.938 bits per heavy atom. The van der Waals surface area contributed by atoms with Gasteiger partial charge in [0.05, 0.1) is 21.0 Å². The van der Waals surface area contributed by atoms with E-state index in [2.05, 4.69) is 0 Å². The van der Waals surface area contributed by atoms with Crippen molar-refractivity contribution in [1.82, 2.24) is 0 Å². The Morgan fingerprint density at radius 1 is 0.656 bits per heavy atom. The van der Waals surface area contributed by atoms with E-state index in [0.717, 1.165) is 0 Å². The molecule has 0 saturated carbocycles. The molecule has 0 saturated heterocycles. The van der Waals surface area contributed by atoms with Crippen LogP contribution in [0.3, 0.4) is 0 Å². The van der Waals surface area contributed by atoms with Crippen molar-refractivity contribution in [2.75, 3.05) is 0 Å². The zero-order chi connectivity index (χ0) is 24.5. The molecule has 0 bridgehead atoms. The fourth-order valence-corrected chi connectivity index (χ4v) is 4.32. The molecule has 2 aromatic carbocycles. The Hall–Kier alpha value is -4.00. The summed E-state index contributed by atoms with van der Waals surface area (Å²) in [6.45, 7) is 0. The summed E-state index contributed by atoms with van der Waals surface area (Å²) >= 11 is 0. The van der Waals surface area contributed by atoms with Crippen LogP contribution in [0.2, 0.25) is 0 Å². The van der Waals surface area contributed by atoms with Crippen LogP contribution in [0, 0.1) is 20.2 Å². The van der Waals surface area contributed by atoms with Gasteiger partial charge in [-0.2, -0.15) is 16.8 Å². The molecule has 0 aromatic heterocycles. The summed E-state index contributed by atoms with van der Waals surface area (Å²) in [5.74, 6) is -6.94. The number of phenolic OH excluding ortho intramolecular Hbond substituents is 2. The average Bonchev–Trinajstić information content (AvgIpc) is 2.62. The first kappa shape index (κ1) is 22.7. The SMILES string of the molecule is O=C1c2c([N+](=O)[O-])cc(S(=O)(=O)O)c(O)c2C(=O)c2c(O)c(S(=O)(=O)O)cc([N+](=O)[O-])c21. The number of nitro benzene ring substituents is 2. The van der Waals surface area contributed by atoms with Crippen LogP contribution >= 0.6 is 0 Å². The highest BCUT2D eigenvalue weighted by molar-refractivity contribution is 7.86. The van der Waals surface area contributed by atoms with Gasteiger partial charge in [0.25, 0.3) is 31.6 Å². The molecule has 0 amide bonds. The van der Waals surface area contributed by atoms with Gasteiger partial charge in [-0.3, -0.25) is 38.9 Å². The number of benzene rings is 2. The number of rotatable bonds is 4. The molecular formula is C14H6N2O14S2. The van der Waals surface area contributed by atoms with E-state index in [4.69, 9.17) is 0 Å². The van der Waals surface area contributed by atoms with Crippen LogP contribution in [0.15, 0.2) is 21.9 Å². The molecule has 0 radical (unpaired) electrons. The van der Waals surface area contributed by atoms with E-state index < -0.39 is 96.6 Å². The molecule has 32 heavy (non-hydrogen) atoms. The zero-order valence-corrected chi connectivity index (χ0v) is 16.4. The van der Waals surface area contributed by atoms with E-state index in [1.54, 1.807) is 0 Å². The van der Waals surface area contributed by atoms with E-state index in [1.807, 2.05) is 0 Å². The monoisotopic (exact) mass is 490 g/mol. The van der Waals surface area contributed by atoms with Gasteiger partial charge in [-0.1, -0.05) is 0 Å². The number of carbonyl (C=O) groups is 2. The number of fused-ring (bicyclic) bond motifs is 2. The van der Waals surface area contributed by atoms with Crippen molar-refractivity contribution < 1.29 is 55.6 Å². The predicted molar refractivity (Wildman–Crippen MR) is 96.0 cm³/mol. The fraction of sp³-hybridized carbons (Fsp3) is 0. The van der Waals surface area contributed by atoms with Gasteiger partial charge in [0.15, 0.2) is 0 Å². The largest absolute Gasteiger partial charge is 0.506 e. The van der Waals surface area contributed by atoms with E-state index in [1.165, 1.54) is 0 Å². The number of hydrogen-bond donors (Lipinski definition) is 4. The lowest BCUT2D eigenvalue weighted by molar-refractivity contribution is -0.385. The zero-order valence-electron chi connectivity index (χ0n) is 14.7. The molecule has 18 heteroatoms. The van der Waals surface area contributed by atoms with E-state index in [-0.39, 0.29) is 12.1 Å². The number of nitrogens with zero attached hydrogens (tertiary/aromatic N) is 2. The van der Waals surface area contributed by atoms with Gasteiger partial charge in [-0.15, -0.1) is 0 Å². The van der Waals surface area contributed by atoms with E-state index in [9.17, 15) is 66.0 Å². The minimum atomic E-state index is -5.43. The van der Waals surface area contributed by atoms with Gasteiger partial charge in [-0.05, 0) is 0 Å². The number of nitro groups is 2. The molecule has 0 unspecified atom stereocenters. The van der Waals surface area contributed by atoms with Gasteiger partial charge in [0.2, 0.25) is 11.6 Å². The van der Waals surface area contributed by atoms with Crippen LogP contribution in [0.25, 0.3) is 0 Å². The normalized spacial score (nSPS) is 13.4. The predicted octanol–water partition coefficient (Wildman–Crippen LogP) is 0.183. The number of phenols is 2. The first-order valence-corrected chi connectivity index (χ1v) is 10.5. The molecule has 0 spiro atoms. The van der Waals surface area contributed by atoms with Crippen molar-refractivity contribution in [3.8, 4) is 11.5 Å². The second-order valence-electron chi connectivity index (χ2n) is 6.11. The highest BCUT2D eigenvalue weighted by Crippen LogP contribution is 2.47. The van der Waals surface area contributed by atoms with Crippen LogP contribution < -0.4 is 0 Å². The topological polar surface area (TPSA) is 270 Å². The second-order valence-corrected chi connectivity index (χ2v) is 8.89. The Bertz CT molecular complexity index is 1410. The lowest BCUT2D eigenvalue weighted by atomic mass is 9.81. The van der Waals surface area contributed by atoms with Crippen molar-refractivity contribution in [3.63, 3.8) is 0 Å². The smallest absolute Gasteiger partial charge is 0.298 e. The molecule has 16 nitrogen and oxygen atoms in total. The molecule has 0 atom stereocenters. The number of carbonyl (C=O) groups excluding carboxylic acids is 2. The van der Waals surface area contributed by atoms with E-state index in [0.29, 0.717) is 0 Å². The number of hydrogen-bond acceptors (Lipinski definition) is 12. The molecular weight excluding hydrogens is 484 g/mol. The fourth-order valence-electron chi connectivity index (χ4n) is 3.10. The van der Waals surface area contributed by atoms with Gasteiger partial charge in [-0.25, -0.2) is 0 Å². The Morgan fingerprint density at radius 3 is 1.19 bits per heavy atom. The summed E-state index contributed by atoms with van der Waals surface area (Å²) in [6, 6.07) is 0.0514. The van der Waals surface area contributed by atoms with Crippen molar-refractivity contribution in [3.05, 3.63) is 54.6 Å². The summed E-state index contributed by atoms with van der Waals surface area (Å²) in [6.07, 6.45) is 0. The van der Waals surface area contributed by atoms with Gasteiger partial charge < -0.3 is 10.2 Å².